The minimum absolute atomic E-state index is 0.119. The fourth-order valence-corrected chi connectivity index (χ4v) is 1.87. The second kappa shape index (κ2) is 6.89. The number of aromatic nitrogens is 2. The molecule has 0 fully saturated rings. The predicted octanol–water partition coefficient (Wildman–Crippen LogP) is 2.02. The van der Waals surface area contributed by atoms with Crippen molar-refractivity contribution < 1.29 is 4.74 Å². The van der Waals surface area contributed by atoms with Gasteiger partial charge in [0, 0.05) is 19.7 Å². The number of nitrogens with one attached hydrogen (secondary N) is 1. The minimum atomic E-state index is -0.157. The molecule has 1 rings (SSSR count). The van der Waals surface area contributed by atoms with E-state index in [0.29, 0.717) is 22.7 Å². The smallest absolute Gasteiger partial charge is 0.282 e. The zero-order chi connectivity index (χ0) is 13.7. The average molecular weight is 318 g/mol. The summed E-state index contributed by atoms with van der Waals surface area (Å²) in [5.41, 5.74) is 0.536. The summed E-state index contributed by atoms with van der Waals surface area (Å²) >= 11 is 3.27. The van der Waals surface area contributed by atoms with E-state index in [4.69, 9.17) is 4.74 Å². The van der Waals surface area contributed by atoms with E-state index in [1.165, 1.54) is 4.68 Å². The Bertz CT molecular complexity index is 445. The summed E-state index contributed by atoms with van der Waals surface area (Å²) in [5.74, 6) is 0.523. The molecular weight excluding hydrogens is 298 g/mol. The molecule has 102 valence electrons. The molecular formula is C12H20BrN3O2. The monoisotopic (exact) mass is 317 g/mol. The topological polar surface area (TPSA) is 56.1 Å². The maximum atomic E-state index is 11.7. The van der Waals surface area contributed by atoms with E-state index < -0.39 is 0 Å². The fourth-order valence-electron chi connectivity index (χ4n) is 1.40. The lowest BCUT2D eigenvalue weighted by Gasteiger charge is -2.17. The highest BCUT2D eigenvalue weighted by molar-refractivity contribution is 9.10. The van der Waals surface area contributed by atoms with Crippen molar-refractivity contribution in [3.05, 3.63) is 21.0 Å². The normalized spacial score (nSPS) is 12.8. The molecule has 1 heterocycles. The lowest BCUT2D eigenvalue weighted by atomic mass is 10.2. The second-order valence-electron chi connectivity index (χ2n) is 4.78. The summed E-state index contributed by atoms with van der Waals surface area (Å²) in [6, 6.07) is 0.119. The zero-order valence-corrected chi connectivity index (χ0v) is 12.8. The molecule has 5 nitrogen and oxygen atoms in total. The molecule has 0 aliphatic carbocycles. The summed E-state index contributed by atoms with van der Waals surface area (Å²) in [6.07, 6.45) is 1.63. The molecule has 0 unspecified atom stereocenters. The van der Waals surface area contributed by atoms with Crippen LogP contribution in [0, 0.1) is 5.92 Å². The molecule has 0 aliphatic rings. The van der Waals surface area contributed by atoms with Crippen molar-refractivity contribution in [2.24, 2.45) is 13.0 Å². The molecule has 0 saturated heterocycles. The first-order chi connectivity index (χ1) is 8.41. The molecule has 1 aromatic rings. The number of rotatable bonds is 6. The van der Waals surface area contributed by atoms with Gasteiger partial charge in [-0.3, -0.25) is 4.79 Å². The van der Waals surface area contributed by atoms with E-state index in [1.807, 2.05) is 6.92 Å². The molecule has 0 saturated carbocycles. The van der Waals surface area contributed by atoms with Crippen molar-refractivity contribution in [3.63, 3.8) is 0 Å². The van der Waals surface area contributed by atoms with E-state index in [2.05, 4.69) is 40.2 Å². The maximum absolute atomic E-state index is 11.7. The Hall–Kier alpha value is -0.880. The van der Waals surface area contributed by atoms with Gasteiger partial charge < -0.3 is 10.1 Å². The first-order valence-electron chi connectivity index (χ1n) is 5.98. The first-order valence-corrected chi connectivity index (χ1v) is 6.77. The Morgan fingerprint density at radius 1 is 1.44 bits per heavy atom. The first kappa shape index (κ1) is 15.2. The number of aryl methyl sites for hydroxylation is 1. The molecule has 1 N–H and O–H groups in total. The van der Waals surface area contributed by atoms with Crippen LogP contribution in [0.25, 0.3) is 0 Å². The minimum Gasteiger partial charge on any atom is -0.379 e. The van der Waals surface area contributed by atoms with E-state index in [9.17, 15) is 4.79 Å². The highest BCUT2D eigenvalue weighted by Crippen LogP contribution is 2.16. The van der Waals surface area contributed by atoms with Crippen LogP contribution < -0.4 is 10.9 Å². The molecule has 0 aromatic carbocycles. The van der Waals surface area contributed by atoms with Gasteiger partial charge in [-0.25, -0.2) is 4.68 Å². The number of anilines is 1. The SMILES string of the molecule is CC(C)COC[C@@H](C)Nc1cnn(C)c(=O)c1Br. The van der Waals surface area contributed by atoms with E-state index in [1.54, 1.807) is 13.2 Å². The number of hydrogen-bond acceptors (Lipinski definition) is 4. The van der Waals surface area contributed by atoms with Crippen LogP contribution in [0.1, 0.15) is 20.8 Å². The van der Waals surface area contributed by atoms with Crippen LogP contribution >= 0.6 is 15.9 Å². The summed E-state index contributed by atoms with van der Waals surface area (Å²) in [4.78, 5) is 11.7. The van der Waals surface area contributed by atoms with Gasteiger partial charge in [-0.05, 0) is 28.8 Å². The van der Waals surface area contributed by atoms with Crippen LogP contribution in [0.4, 0.5) is 5.69 Å². The average Bonchev–Trinajstić information content (AvgIpc) is 2.29. The van der Waals surface area contributed by atoms with Gasteiger partial charge in [0.15, 0.2) is 0 Å². The van der Waals surface area contributed by atoms with Gasteiger partial charge in [0.1, 0.15) is 4.47 Å². The van der Waals surface area contributed by atoms with Crippen molar-refractivity contribution in [2.45, 2.75) is 26.8 Å². The second-order valence-corrected chi connectivity index (χ2v) is 5.57. The third-order valence-electron chi connectivity index (χ3n) is 2.30. The van der Waals surface area contributed by atoms with Gasteiger partial charge in [0.25, 0.3) is 5.56 Å². The van der Waals surface area contributed by atoms with Gasteiger partial charge in [-0.2, -0.15) is 5.10 Å². The van der Waals surface area contributed by atoms with Crippen molar-refractivity contribution in [1.82, 2.24) is 9.78 Å². The molecule has 1 atom stereocenters. The van der Waals surface area contributed by atoms with Crippen LogP contribution in [0.3, 0.4) is 0 Å². The highest BCUT2D eigenvalue weighted by atomic mass is 79.9. The summed E-state index contributed by atoms with van der Waals surface area (Å²) in [7, 11) is 1.62. The summed E-state index contributed by atoms with van der Waals surface area (Å²) in [6.45, 7) is 7.56. The van der Waals surface area contributed by atoms with Crippen molar-refractivity contribution in [1.29, 1.82) is 0 Å². The molecule has 18 heavy (non-hydrogen) atoms. The number of nitrogens with zero attached hydrogens (tertiary/aromatic N) is 2. The van der Waals surface area contributed by atoms with Crippen LogP contribution in [0.15, 0.2) is 15.5 Å². The van der Waals surface area contributed by atoms with E-state index in [0.717, 1.165) is 6.61 Å². The van der Waals surface area contributed by atoms with Gasteiger partial charge in [-0.15, -0.1) is 0 Å². The van der Waals surface area contributed by atoms with Crippen LogP contribution in [-0.4, -0.2) is 29.0 Å². The lowest BCUT2D eigenvalue weighted by molar-refractivity contribution is 0.105. The van der Waals surface area contributed by atoms with Gasteiger partial charge in [-0.1, -0.05) is 13.8 Å². The Balaban J connectivity index is 2.57. The number of hydrogen-bond donors (Lipinski definition) is 1. The van der Waals surface area contributed by atoms with E-state index >= 15 is 0 Å². The quantitative estimate of drug-likeness (QED) is 0.872. The fraction of sp³-hybridized carbons (Fsp3) is 0.667. The number of ether oxygens (including phenoxy) is 1. The third kappa shape index (κ3) is 4.42. The van der Waals surface area contributed by atoms with Gasteiger partial charge in [0.05, 0.1) is 18.5 Å². The Labute approximate surface area is 116 Å². The summed E-state index contributed by atoms with van der Waals surface area (Å²) in [5, 5.41) is 7.18. The maximum Gasteiger partial charge on any atom is 0.282 e. The van der Waals surface area contributed by atoms with Gasteiger partial charge in [0.2, 0.25) is 0 Å². The third-order valence-corrected chi connectivity index (χ3v) is 3.07. The van der Waals surface area contributed by atoms with Crippen molar-refractivity contribution in [2.75, 3.05) is 18.5 Å². The molecule has 0 amide bonds. The molecule has 0 bridgehead atoms. The van der Waals surface area contributed by atoms with Crippen LogP contribution in [0.2, 0.25) is 0 Å². The molecule has 0 aliphatic heterocycles. The molecule has 1 aromatic heterocycles. The Morgan fingerprint density at radius 2 is 2.11 bits per heavy atom. The molecule has 0 radical (unpaired) electrons. The van der Waals surface area contributed by atoms with Crippen LogP contribution in [-0.2, 0) is 11.8 Å². The standard InChI is InChI=1S/C12H20BrN3O2/c1-8(2)6-18-7-9(3)15-10-5-14-16(4)12(17)11(10)13/h5,8-9,15H,6-7H2,1-4H3/t9-/m1/s1. The summed E-state index contributed by atoms with van der Waals surface area (Å²) < 4.78 is 7.32. The molecule has 0 spiro atoms. The Morgan fingerprint density at radius 3 is 2.72 bits per heavy atom. The van der Waals surface area contributed by atoms with Crippen LogP contribution in [0.5, 0.6) is 0 Å². The van der Waals surface area contributed by atoms with Crippen molar-refractivity contribution in [3.8, 4) is 0 Å². The molecule has 6 heteroatoms. The largest absolute Gasteiger partial charge is 0.379 e. The van der Waals surface area contributed by atoms with E-state index in [-0.39, 0.29) is 11.6 Å². The van der Waals surface area contributed by atoms with Crippen molar-refractivity contribution >= 4 is 21.6 Å². The lowest BCUT2D eigenvalue weighted by Crippen LogP contribution is -2.26. The van der Waals surface area contributed by atoms with Gasteiger partial charge >= 0.3 is 0 Å². The zero-order valence-electron chi connectivity index (χ0n) is 11.2. The predicted molar refractivity (Wildman–Crippen MR) is 75.9 cm³/mol. The highest BCUT2D eigenvalue weighted by Gasteiger charge is 2.09. The number of halogens is 1. The Kier molecular flexibility index (Phi) is 5.81.